The van der Waals surface area contributed by atoms with Gasteiger partial charge in [0.15, 0.2) is 0 Å². The molecule has 2 aromatic rings. The van der Waals surface area contributed by atoms with E-state index in [0.29, 0.717) is 13.2 Å². The van der Waals surface area contributed by atoms with Crippen LogP contribution in [0.5, 0.6) is 0 Å². The van der Waals surface area contributed by atoms with Gasteiger partial charge in [0.05, 0.1) is 19.8 Å². The minimum absolute atomic E-state index is 0.231. The van der Waals surface area contributed by atoms with E-state index in [2.05, 4.69) is 27.7 Å². The molecule has 6 heteroatoms. The third kappa shape index (κ3) is 4.97. The van der Waals surface area contributed by atoms with Crippen LogP contribution in [0.3, 0.4) is 0 Å². The summed E-state index contributed by atoms with van der Waals surface area (Å²) in [6.45, 7) is 4.31. The number of ether oxygens (including phenoxy) is 2. The van der Waals surface area contributed by atoms with Crippen LogP contribution in [0.15, 0.2) is 48.5 Å². The SMILES string of the molecule is COCc1ccccc1NC(=O)NCc1ccc(N2CCOCC2)cc1. The van der Waals surface area contributed by atoms with Crippen LogP contribution in [0.4, 0.5) is 16.2 Å². The molecule has 0 aliphatic carbocycles. The number of nitrogens with one attached hydrogen (secondary N) is 2. The van der Waals surface area contributed by atoms with Gasteiger partial charge in [-0.2, -0.15) is 0 Å². The number of hydrogen-bond acceptors (Lipinski definition) is 4. The number of methoxy groups -OCH3 is 1. The van der Waals surface area contributed by atoms with Crippen molar-refractivity contribution in [1.82, 2.24) is 5.32 Å². The number of rotatable bonds is 6. The summed E-state index contributed by atoms with van der Waals surface area (Å²) in [5.74, 6) is 0. The Morgan fingerprint density at radius 2 is 1.85 bits per heavy atom. The zero-order chi connectivity index (χ0) is 18.2. The van der Waals surface area contributed by atoms with Crippen LogP contribution in [0.2, 0.25) is 0 Å². The zero-order valence-corrected chi connectivity index (χ0v) is 15.0. The van der Waals surface area contributed by atoms with Crippen LogP contribution in [0, 0.1) is 0 Å². The molecular formula is C20H25N3O3. The van der Waals surface area contributed by atoms with Crippen molar-refractivity contribution < 1.29 is 14.3 Å². The molecule has 26 heavy (non-hydrogen) atoms. The van der Waals surface area contributed by atoms with Gasteiger partial charge < -0.3 is 25.0 Å². The monoisotopic (exact) mass is 355 g/mol. The molecule has 1 saturated heterocycles. The quantitative estimate of drug-likeness (QED) is 0.836. The van der Waals surface area contributed by atoms with Gasteiger partial charge >= 0.3 is 6.03 Å². The van der Waals surface area contributed by atoms with Gasteiger partial charge in [0.1, 0.15) is 0 Å². The van der Waals surface area contributed by atoms with E-state index < -0.39 is 0 Å². The topological polar surface area (TPSA) is 62.8 Å². The van der Waals surface area contributed by atoms with Crippen LogP contribution in [-0.4, -0.2) is 39.4 Å². The van der Waals surface area contributed by atoms with Gasteiger partial charge in [-0.25, -0.2) is 4.79 Å². The molecule has 1 aliphatic rings. The Morgan fingerprint density at radius 1 is 1.12 bits per heavy atom. The lowest BCUT2D eigenvalue weighted by Crippen LogP contribution is -2.36. The molecule has 2 amide bonds. The van der Waals surface area contributed by atoms with Crippen LogP contribution >= 0.6 is 0 Å². The number of urea groups is 1. The summed E-state index contributed by atoms with van der Waals surface area (Å²) in [6.07, 6.45) is 0. The molecule has 0 unspecified atom stereocenters. The fraction of sp³-hybridized carbons (Fsp3) is 0.350. The Kier molecular flexibility index (Phi) is 6.46. The average molecular weight is 355 g/mol. The summed E-state index contributed by atoms with van der Waals surface area (Å²) < 4.78 is 10.5. The van der Waals surface area contributed by atoms with Gasteiger partial charge in [-0.1, -0.05) is 30.3 Å². The van der Waals surface area contributed by atoms with E-state index in [0.717, 1.165) is 43.1 Å². The summed E-state index contributed by atoms with van der Waals surface area (Å²) in [5.41, 5.74) is 3.95. The van der Waals surface area contributed by atoms with Crippen molar-refractivity contribution in [3.63, 3.8) is 0 Å². The van der Waals surface area contributed by atoms with Gasteiger partial charge in [0.2, 0.25) is 0 Å². The number of amides is 2. The van der Waals surface area contributed by atoms with E-state index in [4.69, 9.17) is 9.47 Å². The van der Waals surface area contributed by atoms with Crippen LogP contribution < -0.4 is 15.5 Å². The van der Waals surface area contributed by atoms with E-state index >= 15 is 0 Å². The second-order valence-corrected chi connectivity index (χ2v) is 6.16. The van der Waals surface area contributed by atoms with Gasteiger partial charge in [-0.05, 0) is 23.8 Å². The Bertz CT molecular complexity index is 712. The summed E-state index contributed by atoms with van der Waals surface area (Å²) in [5, 5.41) is 5.77. The second kappa shape index (κ2) is 9.22. The predicted octanol–water partition coefficient (Wildman–Crippen LogP) is 2.99. The van der Waals surface area contributed by atoms with Crippen molar-refractivity contribution >= 4 is 17.4 Å². The van der Waals surface area contributed by atoms with E-state index in [1.165, 1.54) is 5.69 Å². The van der Waals surface area contributed by atoms with Crippen molar-refractivity contribution in [2.24, 2.45) is 0 Å². The van der Waals surface area contributed by atoms with Crippen LogP contribution in [-0.2, 0) is 22.6 Å². The molecule has 0 radical (unpaired) electrons. The predicted molar refractivity (Wildman–Crippen MR) is 102 cm³/mol. The Hall–Kier alpha value is -2.57. The largest absolute Gasteiger partial charge is 0.380 e. The average Bonchev–Trinajstić information content (AvgIpc) is 2.69. The first-order valence-corrected chi connectivity index (χ1v) is 8.79. The molecule has 0 aromatic heterocycles. The second-order valence-electron chi connectivity index (χ2n) is 6.16. The van der Waals surface area contributed by atoms with Gasteiger partial charge in [0, 0.05) is 43.7 Å². The number of benzene rings is 2. The molecule has 0 spiro atoms. The number of carbonyl (C=O) groups is 1. The highest BCUT2D eigenvalue weighted by Gasteiger charge is 2.11. The maximum Gasteiger partial charge on any atom is 0.319 e. The lowest BCUT2D eigenvalue weighted by molar-refractivity contribution is 0.122. The highest BCUT2D eigenvalue weighted by atomic mass is 16.5. The number of nitrogens with zero attached hydrogens (tertiary/aromatic N) is 1. The minimum atomic E-state index is -0.231. The Labute approximate surface area is 154 Å². The van der Waals surface area contributed by atoms with Gasteiger partial charge in [-0.3, -0.25) is 0 Å². The number of morpholine rings is 1. The van der Waals surface area contributed by atoms with Gasteiger partial charge in [-0.15, -0.1) is 0 Å². The third-order valence-corrected chi connectivity index (χ3v) is 4.33. The molecule has 6 nitrogen and oxygen atoms in total. The van der Waals surface area contributed by atoms with E-state index in [-0.39, 0.29) is 6.03 Å². The molecule has 1 heterocycles. The van der Waals surface area contributed by atoms with E-state index in [1.54, 1.807) is 7.11 Å². The standard InChI is InChI=1S/C20H25N3O3/c1-25-15-17-4-2-3-5-19(17)22-20(24)21-14-16-6-8-18(9-7-16)23-10-12-26-13-11-23/h2-9H,10-15H2,1H3,(H2,21,22,24). The smallest absolute Gasteiger partial charge is 0.319 e. The lowest BCUT2D eigenvalue weighted by Gasteiger charge is -2.28. The van der Waals surface area contributed by atoms with E-state index in [1.807, 2.05) is 36.4 Å². The molecule has 0 bridgehead atoms. The first-order valence-electron chi connectivity index (χ1n) is 8.79. The van der Waals surface area contributed by atoms with Crippen molar-refractivity contribution in [2.45, 2.75) is 13.2 Å². The molecule has 0 saturated carbocycles. The van der Waals surface area contributed by atoms with Crippen LogP contribution in [0.25, 0.3) is 0 Å². The van der Waals surface area contributed by atoms with Crippen molar-refractivity contribution in [3.05, 3.63) is 59.7 Å². The van der Waals surface area contributed by atoms with Crippen molar-refractivity contribution in [3.8, 4) is 0 Å². The summed E-state index contributed by atoms with van der Waals surface area (Å²) in [4.78, 5) is 14.5. The molecule has 2 aromatic carbocycles. The summed E-state index contributed by atoms with van der Waals surface area (Å²) in [7, 11) is 1.64. The van der Waals surface area contributed by atoms with Gasteiger partial charge in [0.25, 0.3) is 0 Å². The number of anilines is 2. The fourth-order valence-corrected chi connectivity index (χ4v) is 2.92. The third-order valence-electron chi connectivity index (χ3n) is 4.33. The molecule has 138 valence electrons. The molecule has 0 atom stereocenters. The molecular weight excluding hydrogens is 330 g/mol. The maximum atomic E-state index is 12.2. The van der Waals surface area contributed by atoms with E-state index in [9.17, 15) is 4.79 Å². The first-order chi connectivity index (χ1) is 12.8. The number of hydrogen-bond donors (Lipinski definition) is 2. The number of para-hydroxylation sites is 1. The Morgan fingerprint density at radius 3 is 2.58 bits per heavy atom. The summed E-state index contributed by atoms with van der Waals surface area (Å²) >= 11 is 0. The van der Waals surface area contributed by atoms with Crippen molar-refractivity contribution in [2.75, 3.05) is 43.6 Å². The van der Waals surface area contributed by atoms with Crippen molar-refractivity contribution in [1.29, 1.82) is 0 Å². The lowest BCUT2D eigenvalue weighted by atomic mass is 10.2. The fourth-order valence-electron chi connectivity index (χ4n) is 2.92. The maximum absolute atomic E-state index is 12.2. The highest BCUT2D eigenvalue weighted by Crippen LogP contribution is 2.17. The normalized spacial score (nSPS) is 14.1. The molecule has 1 aliphatic heterocycles. The molecule has 2 N–H and O–H groups in total. The minimum Gasteiger partial charge on any atom is -0.380 e. The first kappa shape index (κ1) is 18.2. The van der Waals surface area contributed by atoms with Crippen LogP contribution in [0.1, 0.15) is 11.1 Å². The Balaban J connectivity index is 1.51. The molecule has 3 rings (SSSR count). The zero-order valence-electron chi connectivity index (χ0n) is 15.0. The molecule has 1 fully saturated rings. The highest BCUT2D eigenvalue weighted by molar-refractivity contribution is 5.90. The number of carbonyl (C=O) groups excluding carboxylic acids is 1. The summed E-state index contributed by atoms with van der Waals surface area (Å²) in [6, 6.07) is 15.7.